The fourth-order valence-corrected chi connectivity index (χ4v) is 9.81. The van der Waals surface area contributed by atoms with Crippen molar-refractivity contribution in [3.63, 3.8) is 0 Å². The van der Waals surface area contributed by atoms with Crippen LogP contribution in [-0.4, -0.2) is 15.0 Å². The van der Waals surface area contributed by atoms with Gasteiger partial charge < -0.3 is 8.83 Å². The van der Waals surface area contributed by atoms with Crippen LogP contribution in [0.1, 0.15) is 53.8 Å². The first kappa shape index (κ1) is 37.8. The van der Waals surface area contributed by atoms with Crippen LogP contribution in [0.15, 0.2) is 196 Å². The lowest BCUT2D eigenvalue weighted by atomic mass is 9.88. The number of nitrogens with zero attached hydrogens (tertiary/aromatic N) is 3. The van der Waals surface area contributed by atoms with Crippen molar-refractivity contribution in [3.8, 4) is 33.9 Å². The van der Waals surface area contributed by atoms with E-state index < -0.39 is 0 Å². The van der Waals surface area contributed by atoms with Gasteiger partial charge in [0.05, 0.1) is 0 Å². The van der Waals surface area contributed by atoms with Gasteiger partial charge in [0.25, 0.3) is 0 Å². The fraction of sp³-hybridized carbons (Fsp3) is 0.102. The van der Waals surface area contributed by atoms with E-state index in [4.69, 9.17) is 23.8 Å². The molecule has 306 valence electrons. The van der Waals surface area contributed by atoms with Crippen molar-refractivity contribution in [3.05, 3.63) is 216 Å². The van der Waals surface area contributed by atoms with E-state index in [9.17, 15) is 0 Å². The van der Waals surface area contributed by atoms with Gasteiger partial charge in [-0.05, 0) is 114 Å². The van der Waals surface area contributed by atoms with Crippen molar-refractivity contribution < 1.29 is 8.83 Å². The van der Waals surface area contributed by atoms with Gasteiger partial charge in [0.1, 0.15) is 22.3 Å². The Morgan fingerprint density at radius 3 is 1.70 bits per heavy atom. The molecule has 0 aliphatic heterocycles. The zero-order valence-corrected chi connectivity index (χ0v) is 35.5. The molecule has 7 aromatic carbocycles. The maximum absolute atomic E-state index is 6.32. The molecule has 5 heteroatoms. The standard InChI is InChI=1S/C47H35N3O.C12H8O/c1-29-25-39(34-23-24-37-36-16-8-9-18-42(36)51-43(37)28-34)40-27-35-15-10-17-38(44(35)41(40)26-29)47-49-45(32-13-6-3-7-14-32)48-46(50-47)33-21-19-31(20-22-33)30-11-4-2-5-12-30;1-3-7-11-9(5-1)10-6-2-4-8-12(10)13-11/h2-4,6-9,11,13-14,16-26,28H,5,10,12,15,27H2,1H3;1-8H. The molecule has 0 spiro atoms. The van der Waals surface area contributed by atoms with E-state index in [0.717, 1.165) is 87.7 Å². The van der Waals surface area contributed by atoms with Gasteiger partial charge in [-0.25, -0.2) is 15.0 Å². The summed E-state index contributed by atoms with van der Waals surface area (Å²) in [6.45, 7) is 2.20. The summed E-state index contributed by atoms with van der Waals surface area (Å²) in [7, 11) is 0. The molecule has 0 bridgehead atoms. The van der Waals surface area contributed by atoms with Crippen molar-refractivity contribution in [1.82, 2.24) is 15.0 Å². The third-order valence-electron chi connectivity index (χ3n) is 12.9. The van der Waals surface area contributed by atoms with E-state index in [0.29, 0.717) is 11.6 Å². The summed E-state index contributed by atoms with van der Waals surface area (Å²) in [5.41, 5.74) is 18.6. The molecule has 0 saturated carbocycles. The number of benzene rings is 7. The summed E-state index contributed by atoms with van der Waals surface area (Å²) in [6, 6.07) is 54.8. The van der Waals surface area contributed by atoms with E-state index in [-0.39, 0.29) is 0 Å². The molecular weight excluding hydrogens is 783 g/mol. The fourth-order valence-electron chi connectivity index (χ4n) is 9.81. The van der Waals surface area contributed by atoms with Crippen molar-refractivity contribution in [2.24, 2.45) is 0 Å². The van der Waals surface area contributed by atoms with Crippen LogP contribution in [0.3, 0.4) is 0 Å². The van der Waals surface area contributed by atoms with Gasteiger partial charge in [-0.2, -0.15) is 0 Å². The van der Waals surface area contributed by atoms with Gasteiger partial charge in [-0.1, -0.05) is 157 Å². The van der Waals surface area contributed by atoms with E-state index in [1.54, 1.807) is 0 Å². The van der Waals surface area contributed by atoms with Crippen LogP contribution in [0.5, 0.6) is 0 Å². The lowest BCUT2D eigenvalue weighted by Crippen LogP contribution is -2.06. The maximum Gasteiger partial charge on any atom is 0.164 e. The first-order valence-corrected chi connectivity index (χ1v) is 22.2. The Balaban J connectivity index is 0.000000283. The highest BCUT2D eigenvalue weighted by atomic mass is 16.3. The minimum absolute atomic E-state index is 0.690. The number of hydrogen-bond donors (Lipinski definition) is 0. The summed E-state index contributed by atoms with van der Waals surface area (Å²) >= 11 is 0. The second-order valence-corrected chi connectivity index (χ2v) is 17.0. The van der Waals surface area contributed by atoms with Gasteiger partial charge in [-0.3, -0.25) is 0 Å². The van der Waals surface area contributed by atoms with E-state index >= 15 is 0 Å². The monoisotopic (exact) mass is 825 g/mol. The molecule has 64 heavy (non-hydrogen) atoms. The van der Waals surface area contributed by atoms with E-state index in [1.165, 1.54) is 60.9 Å². The van der Waals surface area contributed by atoms with Gasteiger partial charge in [-0.15, -0.1) is 0 Å². The highest BCUT2D eigenvalue weighted by molar-refractivity contribution is 6.10. The SMILES string of the molecule is Cc1cc2c(c(-c3ccc4c(c3)oc3ccccc34)c1)CC1=C2C(c2nc(-c3ccccc3)nc(-c3ccc(C4=CC=CCC4)cc3)n2)=CCC1.c1ccc2c(c1)oc1ccccc12. The summed E-state index contributed by atoms with van der Waals surface area (Å²) in [5.74, 6) is 2.12. The Morgan fingerprint density at radius 2 is 1.03 bits per heavy atom. The molecule has 3 heterocycles. The molecule has 0 saturated heterocycles. The van der Waals surface area contributed by atoms with Crippen LogP contribution >= 0.6 is 0 Å². The van der Waals surface area contributed by atoms with Gasteiger partial charge in [0, 0.05) is 38.2 Å². The smallest absolute Gasteiger partial charge is 0.164 e. The van der Waals surface area contributed by atoms with Crippen LogP contribution in [0.4, 0.5) is 0 Å². The second kappa shape index (κ2) is 15.8. The summed E-state index contributed by atoms with van der Waals surface area (Å²) in [4.78, 5) is 15.5. The molecule has 0 unspecified atom stereocenters. The Labute approximate surface area is 371 Å². The highest BCUT2D eigenvalue weighted by Gasteiger charge is 2.31. The Morgan fingerprint density at radius 1 is 0.469 bits per heavy atom. The zero-order valence-electron chi connectivity index (χ0n) is 35.5. The topological polar surface area (TPSA) is 65.0 Å². The summed E-state index contributed by atoms with van der Waals surface area (Å²) in [6.07, 6.45) is 14.0. The number of rotatable bonds is 5. The molecule has 3 aliphatic rings. The molecular formula is C59H43N3O2. The van der Waals surface area contributed by atoms with E-state index in [1.807, 2.05) is 66.7 Å². The average Bonchev–Trinajstić information content (AvgIpc) is 4.05. The Hall–Kier alpha value is -7.89. The minimum Gasteiger partial charge on any atom is -0.456 e. The van der Waals surface area contributed by atoms with Crippen molar-refractivity contribution >= 4 is 60.6 Å². The first-order chi connectivity index (χ1) is 31.6. The Kier molecular flexibility index (Phi) is 9.33. The normalized spacial score (nSPS) is 14.4. The summed E-state index contributed by atoms with van der Waals surface area (Å²) < 4.78 is 12.0. The van der Waals surface area contributed by atoms with Crippen LogP contribution in [0.2, 0.25) is 0 Å². The number of allylic oxidation sites excluding steroid dienone is 8. The number of fused-ring (bicyclic) bond motifs is 8. The van der Waals surface area contributed by atoms with Gasteiger partial charge in [0.2, 0.25) is 0 Å². The van der Waals surface area contributed by atoms with Crippen molar-refractivity contribution in [1.29, 1.82) is 0 Å². The van der Waals surface area contributed by atoms with Crippen LogP contribution in [0, 0.1) is 6.92 Å². The maximum atomic E-state index is 6.32. The highest BCUT2D eigenvalue weighted by Crippen LogP contribution is 2.49. The van der Waals surface area contributed by atoms with Crippen LogP contribution in [0.25, 0.3) is 94.5 Å². The molecule has 5 nitrogen and oxygen atoms in total. The molecule has 13 rings (SSSR count). The largest absolute Gasteiger partial charge is 0.456 e. The first-order valence-electron chi connectivity index (χ1n) is 22.2. The predicted molar refractivity (Wildman–Crippen MR) is 262 cm³/mol. The number of aromatic nitrogens is 3. The van der Waals surface area contributed by atoms with Gasteiger partial charge in [0.15, 0.2) is 17.5 Å². The van der Waals surface area contributed by atoms with Crippen molar-refractivity contribution in [2.45, 2.75) is 39.0 Å². The number of hydrogen-bond acceptors (Lipinski definition) is 5. The molecule has 0 amide bonds. The van der Waals surface area contributed by atoms with Crippen LogP contribution < -0.4 is 0 Å². The lowest BCUT2D eigenvalue weighted by Gasteiger charge is -2.18. The molecule has 3 aliphatic carbocycles. The van der Waals surface area contributed by atoms with Crippen molar-refractivity contribution in [2.75, 3.05) is 0 Å². The minimum atomic E-state index is 0.690. The van der Waals surface area contributed by atoms with Gasteiger partial charge >= 0.3 is 0 Å². The quantitative estimate of drug-likeness (QED) is 0.173. The Bertz CT molecular complexity index is 3530. The molecule has 0 fully saturated rings. The third kappa shape index (κ3) is 6.77. The molecule has 3 aromatic heterocycles. The number of aryl methyl sites for hydroxylation is 1. The lowest BCUT2D eigenvalue weighted by molar-refractivity contribution is 0.668. The van der Waals surface area contributed by atoms with E-state index in [2.05, 4.69) is 122 Å². The predicted octanol–water partition coefficient (Wildman–Crippen LogP) is 15.6. The zero-order chi connectivity index (χ0) is 42.6. The number of furan rings is 2. The average molecular weight is 826 g/mol. The molecule has 0 atom stereocenters. The number of para-hydroxylation sites is 3. The molecule has 0 radical (unpaired) electrons. The second-order valence-electron chi connectivity index (χ2n) is 17.0. The molecule has 10 aromatic rings. The van der Waals surface area contributed by atoms with Crippen LogP contribution in [-0.2, 0) is 6.42 Å². The third-order valence-corrected chi connectivity index (χ3v) is 12.9. The molecule has 0 N–H and O–H groups in total. The summed E-state index contributed by atoms with van der Waals surface area (Å²) in [5, 5.41) is 4.69.